The Hall–Kier alpha value is -2.91. The number of carbonyl (C=O) groups excluding carboxylic acids is 1. The molecule has 6 nitrogen and oxygen atoms in total. The van der Waals surface area contributed by atoms with Crippen LogP contribution in [0.25, 0.3) is 0 Å². The number of nitrogens with zero attached hydrogens (tertiary/aromatic N) is 4. The molecule has 1 aliphatic rings. The van der Waals surface area contributed by atoms with Gasteiger partial charge in [0.1, 0.15) is 11.9 Å². The van der Waals surface area contributed by atoms with E-state index in [4.69, 9.17) is 0 Å². The fourth-order valence-electron chi connectivity index (χ4n) is 3.24. The number of nitriles is 1. The van der Waals surface area contributed by atoms with Crippen LogP contribution in [0.4, 0.5) is 11.5 Å². The number of benzene rings is 1. The number of nitrogens with one attached hydrogen (secondary N) is 1. The number of anilines is 2. The van der Waals surface area contributed by atoms with Crippen LogP contribution >= 0.6 is 0 Å². The zero-order chi connectivity index (χ0) is 19.2. The lowest BCUT2D eigenvalue weighted by Crippen LogP contribution is -2.46. The molecule has 1 aromatic carbocycles. The number of ketones is 1. The number of pyridine rings is 1. The minimum Gasteiger partial charge on any atom is -0.380 e. The molecule has 1 aliphatic heterocycles. The molecule has 1 saturated heterocycles. The van der Waals surface area contributed by atoms with E-state index in [0.29, 0.717) is 23.4 Å². The number of likely N-dealkylation sites (N-methyl/N-ethyl adjacent to an activating group) is 1. The summed E-state index contributed by atoms with van der Waals surface area (Å²) in [6.07, 6.45) is 1.83. The van der Waals surface area contributed by atoms with Crippen LogP contribution < -0.4 is 10.2 Å². The van der Waals surface area contributed by atoms with Crippen molar-refractivity contribution in [2.24, 2.45) is 0 Å². The van der Waals surface area contributed by atoms with Gasteiger partial charge in [-0.2, -0.15) is 5.26 Å². The van der Waals surface area contributed by atoms with Crippen LogP contribution in [0.3, 0.4) is 0 Å². The summed E-state index contributed by atoms with van der Waals surface area (Å²) in [6, 6.07) is 11.4. The average Bonchev–Trinajstić information content (AvgIpc) is 2.72. The van der Waals surface area contributed by atoms with Gasteiger partial charge in [0.05, 0.1) is 11.3 Å². The third kappa shape index (κ3) is 4.63. The summed E-state index contributed by atoms with van der Waals surface area (Å²) in [6.45, 7) is 9.46. The van der Waals surface area contributed by atoms with Crippen molar-refractivity contribution >= 4 is 17.3 Å². The summed E-state index contributed by atoms with van der Waals surface area (Å²) >= 11 is 0. The molecular weight excluding hydrogens is 338 g/mol. The molecule has 0 saturated carbocycles. The molecule has 0 atom stereocenters. The molecule has 1 fully saturated rings. The number of hydrogen-bond acceptors (Lipinski definition) is 6. The predicted molar refractivity (Wildman–Crippen MR) is 107 cm³/mol. The first-order valence-electron chi connectivity index (χ1n) is 9.32. The first kappa shape index (κ1) is 18.9. The smallest absolute Gasteiger partial charge is 0.159 e. The lowest BCUT2D eigenvalue weighted by molar-refractivity contribution is 0.101. The Morgan fingerprint density at radius 1 is 1.22 bits per heavy atom. The van der Waals surface area contributed by atoms with E-state index in [0.717, 1.165) is 44.1 Å². The van der Waals surface area contributed by atoms with E-state index < -0.39 is 0 Å². The molecule has 0 unspecified atom stereocenters. The van der Waals surface area contributed by atoms with Crippen molar-refractivity contribution in [2.45, 2.75) is 20.4 Å². The van der Waals surface area contributed by atoms with Gasteiger partial charge in [-0.15, -0.1) is 0 Å². The second-order valence-electron chi connectivity index (χ2n) is 6.73. The van der Waals surface area contributed by atoms with Gasteiger partial charge in [-0.25, -0.2) is 4.98 Å². The molecule has 0 spiro atoms. The number of rotatable bonds is 6. The van der Waals surface area contributed by atoms with Gasteiger partial charge in [-0.05, 0) is 49.4 Å². The van der Waals surface area contributed by atoms with E-state index in [1.807, 2.05) is 12.3 Å². The molecule has 6 heteroatoms. The van der Waals surface area contributed by atoms with Crippen molar-refractivity contribution in [3.05, 3.63) is 53.2 Å². The molecule has 1 N–H and O–H groups in total. The average molecular weight is 363 g/mol. The van der Waals surface area contributed by atoms with Gasteiger partial charge in [0.15, 0.2) is 5.78 Å². The molecule has 27 heavy (non-hydrogen) atoms. The van der Waals surface area contributed by atoms with Crippen LogP contribution in [-0.4, -0.2) is 48.4 Å². The maximum atomic E-state index is 11.6. The monoisotopic (exact) mass is 363 g/mol. The maximum absolute atomic E-state index is 11.6. The van der Waals surface area contributed by atoms with Gasteiger partial charge < -0.3 is 15.1 Å². The lowest BCUT2D eigenvalue weighted by Gasteiger charge is -2.34. The van der Waals surface area contributed by atoms with Crippen molar-refractivity contribution in [2.75, 3.05) is 42.9 Å². The zero-order valence-corrected chi connectivity index (χ0v) is 15.9. The topological polar surface area (TPSA) is 72.3 Å². The SMILES string of the molecule is CCN1CCN(c2cc(CNc3cc(C(C)=O)ccc3C#N)ccn2)CC1. The lowest BCUT2D eigenvalue weighted by atomic mass is 10.1. The molecule has 140 valence electrons. The Morgan fingerprint density at radius 3 is 2.67 bits per heavy atom. The maximum Gasteiger partial charge on any atom is 0.159 e. The highest BCUT2D eigenvalue weighted by Gasteiger charge is 2.17. The van der Waals surface area contributed by atoms with Gasteiger partial charge in [-0.1, -0.05) is 6.92 Å². The second-order valence-corrected chi connectivity index (χ2v) is 6.73. The minimum absolute atomic E-state index is 0.0139. The first-order valence-corrected chi connectivity index (χ1v) is 9.32. The summed E-state index contributed by atoms with van der Waals surface area (Å²) in [7, 11) is 0. The van der Waals surface area contributed by atoms with Crippen molar-refractivity contribution in [3.63, 3.8) is 0 Å². The molecular formula is C21H25N5O. The van der Waals surface area contributed by atoms with E-state index in [-0.39, 0.29) is 5.78 Å². The molecule has 0 bridgehead atoms. The summed E-state index contributed by atoms with van der Waals surface area (Å²) in [5, 5.41) is 12.6. The van der Waals surface area contributed by atoms with Crippen molar-refractivity contribution < 1.29 is 4.79 Å². The number of hydrogen-bond donors (Lipinski definition) is 1. The molecule has 0 aliphatic carbocycles. The second kappa shape index (κ2) is 8.65. The molecule has 3 rings (SSSR count). The van der Waals surface area contributed by atoms with Crippen LogP contribution in [0.2, 0.25) is 0 Å². The predicted octanol–water partition coefficient (Wildman–Crippen LogP) is 2.91. The number of piperazine rings is 1. The van der Waals surface area contributed by atoms with E-state index in [2.05, 4.69) is 39.2 Å². The van der Waals surface area contributed by atoms with Crippen LogP contribution in [0.15, 0.2) is 36.5 Å². The summed E-state index contributed by atoms with van der Waals surface area (Å²) in [5.41, 5.74) is 2.90. The fraction of sp³-hybridized carbons (Fsp3) is 0.381. The fourth-order valence-corrected chi connectivity index (χ4v) is 3.24. The van der Waals surface area contributed by atoms with E-state index in [1.165, 1.54) is 6.92 Å². The minimum atomic E-state index is -0.0139. The van der Waals surface area contributed by atoms with Crippen LogP contribution in [0.1, 0.15) is 35.3 Å². The van der Waals surface area contributed by atoms with Gasteiger partial charge in [-0.3, -0.25) is 4.79 Å². The van der Waals surface area contributed by atoms with E-state index in [9.17, 15) is 10.1 Å². The number of Topliss-reactive ketones (excluding diaryl/α,β-unsaturated/α-hetero) is 1. The Balaban J connectivity index is 1.70. The highest BCUT2D eigenvalue weighted by atomic mass is 16.1. The molecule has 2 heterocycles. The zero-order valence-electron chi connectivity index (χ0n) is 15.9. The third-order valence-corrected chi connectivity index (χ3v) is 4.98. The Morgan fingerprint density at radius 2 is 2.00 bits per heavy atom. The quantitative estimate of drug-likeness (QED) is 0.796. The largest absolute Gasteiger partial charge is 0.380 e. The highest BCUT2D eigenvalue weighted by molar-refractivity contribution is 5.95. The Bertz CT molecular complexity index is 850. The van der Waals surface area contributed by atoms with E-state index in [1.54, 1.807) is 18.2 Å². The van der Waals surface area contributed by atoms with Crippen LogP contribution in [-0.2, 0) is 6.54 Å². The van der Waals surface area contributed by atoms with E-state index >= 15 is 0 Å². The molecule has 0 amide bonds. The van der Waals surface area contributed by atoms with Gasteiger partial charge in [0.2, 0.25) is 0 Å². The van der Waals surface area contributed by atoms with Crippen molar-refractivity contribution in [3.8, 4) is 6.07 Å². The summed E-state index contributed by atoms with van der Waals surface area (Å²) in [5.74, 6) is 0.975. The Labute approximate surface area is 160 Å². The summed E-state index contributed by atoms with van der Waals surface area (Å²) in [4.78, 5) is 20.9. The highest BCUT2D eigenvalue weighted by Crippen LogP contribution is 2.20. The number of aromatic nitrogens is 1. The van der Waals surface area contributed by atoms with Crippen molar-refractivity contribution in [1.82, 2.24) is 9.88 Å². The van der Waals surface area contributed by atoms with Crippen LogP contribution in [0, 0.1) is 11.3 Å². The molecule has 0 radical (unpaired) electrons. The van der Waals surface area contributed by atoms with Gasteiger partial charge in [0, 0.05) is 44.5 Å². The normalized spacial score (nSPS) is 14.6. The molecule has 2 aromatic rings. The van der Waals surface area contributed by atoms with Gasteiger partial charge in [0.25, 0.3) is 0 Å². The standard InChI is InChI=1S/C21H25N5O/c1-3-25-8-10-26(11-9-25)21-12-17(6-7-23-21)15-24-20-13-18(16(2)27)4-5-19(20)14-22/h4-7,12-13,24H,3,8-11,15H2,1-2H3. The number of carbonyl (C=O) groups is 1. The van der Waals surface area contributed by atoms with Gasteiger partial charge >= 0.3 is 0 Å². The van der Waals surface area contributed by atoms with Crippen LogP contribution in [0.5, 0.6) is 0 Å². The van der Waals surface area contributed by atoms with Crippen molar-refractivity contribution in [1.29, 1.82) is 5.26 Å². The summed E-state index contributed by atoms with van der Waals surface area (Å²) < 4.78 is 0. The Kier molecular flexibility index (Phi) is 6.05. The first-order chi connectivity index (χ1) is 13.1. The molecule has 1 aromatic heterocycles. The third-order valence-electron chi connectivity index (χ3n) is 4.98.